The summed E-state index contributed by atoms with van der Waals surface area (Å²) in [6.07, 6.45) is 0.708. The van der Waals surface area contributed by atoms with Gasteiger partial charge in [0.2, 0.25) is 0 Å². The van der Waals surface area contributed by atoms with E-state index in [9.17, 15) is 9.59 Å². The molecule has 0 saturated carbocycles. The van der Waals surface area contributed by atoms with Gasteiger partial charge < -0.3 is 10.1 Å². The largest absolute Gasteiger partial charge is 0.483 e. The van der Waals surface area contributed by atoms with Crippen LogP contribution in [0.1, 0.15) is 21.5 Å². The fourth-order valence-corrected chi connectivity index (χ4v) is 1.81. The molecule has 4 heteroatoms. The normalized spacial score (nSPS) is 9.95. The summed E-state index contributed by atoms with van der Waals surface area (Å²) in [7, 11) is 0. The van der Waals surface area contributed by atoms with Gasteiger partial charge in [0.15, 0.2) is 12.9 Å². The first kappa shape index (κ1) is 14.8. The van der Waals surface area contributed by atoms with Crippen LogP contribution in [-0.2, 0) is 11.3 Å². The summed E-state index contributed by atoms with van der Waals surface area (Å²) >= 11 is 0. The molecular formula is C17H17NO3. The van der Waals surface area contributed by atoms with Gasteiger partial charge in [0.1, 0.15) is 5.75 Å². The van der Waals surface area contributed by atoms with Crippen molar-refractivity contribution in [3.8, 4) is 5.75 Å². The smallest absolute Gasteiger partial charge is 0.258 e. The quantitative estimate of drug-likeness (QED) is 0.829. The SMILES string of the molecule is Cc1ccc(CNC(=O)COc2ccccc2C=O)cc1. The van der Waals surface area contributed by atoms with Crippen LogP contribution in [0.2, 0.25) is 0 Å². The van der Waals surface area contributed by atoms with Gasteiger partial charge in [0.05, 0.1) is 5.56 Å². The van der Waals surface area contributed by atoms with Gasteiger partial charge in [-0.3, -0.25) is 9.59 Å². The van der Waals surface area contributed by atoms with Crippen LogP contribution in [0.15, 0.2) is 48.5 Å². The molecule has 0 aliphatic rings. The minimum Gasteiger partial charge on any atom is -0.483 e. The maximum atomic E-state index is 11.7. The molecule has 4 nitrogen and oxygen atoms in total. The van der Waals surface area contributed by atoms with Gasteiger partial charge >= 0.3 is 0 Å². The molecule has 0 aliphatic carbocycles. The number of amides is 1. The van der Waals surface area contributed by atoms with Crippen LogP contribution in [0.4, 0.5) is 0 Å². The minimum atomic E-state index is -0.226. The number of benzene rings is 2. The standard InChI is InChI=1S/C17H17NO3/c1-13-6-8-14(9-7-13)10-18-17(20)12-21-16-5-3-2-4-15(16)11-19/h2-9,11H,10,12H2,1H3,(H,18,20). The fraction of sp³-hybridized carbons (Fsp3) is 0.176. The first-order valence-corrected chi connectivity index (χ1v) is 6.68. The summed E-state index contributed by atoms with van der Waals surface area (Å²) in [5.41, 5.74) is 2.64. The molecule has 108 valence electrons. The lowest BCUT2D eigenvalue weighted by atomic mass is 10.1. The Hall–Kier alpha value is -2.62. The Morgan fingerprint density at radius 2 is 1.86 bits per heavy atom. The Kier molecular flexibility index (Phi) is 5.10. The molecule has 0 fully saturated rings. The molecule has 0 saturated heterocycles. The second kappa shape index (κ2) is 7.24. The summed E-state index contributed by atoms with van der Waals surface area (Å²) in [6.45, 7) is 2.36. The highest BCUT2D eigenvalue weighted by atomic mass is 16.5. The number of hydrogen-bond donors (Lipinski definition) is 1. The molecule has 0 unspecified atom stereocenters. The Labute approximate surface area is 123 Å². The van der Waals surface area contributed by atoms with Gasteiger partial charge in [0, 0.05) is 6.54 Å². The molecule has 0 spiro atoms. The zero-order valence-electron chi connectivity index (χ0n) is 11.8. The average Bonchev–Trinajstić information content (AvgIpc) is 2.52. The van der Waals surface area contributed by atoms with E-state index in [0.29, 0.717) is 24.1 Å². The van der Waals surface area contributed by atoms with Gasteiger partial charge in [-0.2, -0.15) is 0 Å². The zero-order chi connectivity index (χ0) is 15.1. The number of hydrogen-bond acceptors (Lipinski definition) is 3. The molecule has 0 atom stereocenters. The maximum absolute atomic E-state index is 11.7. The summed E-state index contributed by atoms with van der Waals surface area (Å²) < 4.78 is 5.35. The summed E-state index contributed by atoms with van der Waals surface area (Å²) in [5.74, 6) is 0.189. The molecular weight excluding hydrogens is 266 g/mol. The van der Waals surface area contributed by atoms with Crippen LogP contribution >= 0.6 is 0 Å². The van der Waals surface area contributed by atoms with Gasteiger partial charge in [0.25, 0.3) is 5.91 Å². The number of para-hydroxylation sites is 1. The van der Waals surface area contributed by atoms with Crippen molar-refractivity contribution >= 4 is 12.2 Å². The second-order valence-electron chi connectivity index (χ2n) is 4.71. The van der Waals surface area contributed by atoms with Crippen LogP contribution in [0.25, 0.3) is 0 Å². The van der Waals surface area contributed by atoms with E-state index in [1.54, 1.807) is 24.3 Å². The Morgan fingerprint density at radius 3 is 2.57 bits per heavy atom. The highest BCUT2D eigenvalue weighted by Crippen LogP contribution is 2.15. The lowest BCUT2D eigenvalue weighted by molar-refractivity contribution is -0.123. The van der Waals surface area contributed by atoms with Gasteiger partial charge in [-0.05, 0) is 24.6 Å². The van der Waals surface area contributed by atoms with Crippen molar-refractivity contribution < 1.29 is 14.3 Å². The summed E-state index contributed by atoms with van der Waals surface area (Å²) in [4.78, 5) is 22.6. The van der Waals surface area contributed by atoms with E-state index in [-0.39, 0.29) is 12.5 Å². The topological polar surface area (TPSA) is 55.4 Å². The fourth-order valence-electron chi connectivity index (χ4n) is 1.81. The molecule has 1 amide bonds. The minimum absolute atomic E-state index is 0.114. The average molecular weight is 283 g/mol. The van der Waals surface area contributed by atoms with Crippen molar-refractivity contribution in [2.75, 3.05) is 6.61 Å². The molecule has 0 radical (unpaired) electrons. The van der Waals surface area contributed by atoms with Crippen LogP contribution in [0, 0.1) is 6.92 Å². The van der Waals surface area contributed by atoms with E-state index in [2.05, 4.69) is 5.32 Å². The van der Waals surface area contributed by atoms with Crippen molar-refractivity contribution in [1.82, 2.24) is 5.32 Å². The van der Waals surface area contributed by atoms with E-state index in [1.165, 1.54) is 5.56 Å². The lowest BCUT2D eigenvalue weighted by Crippen LogP contribution is -2.28. The van der Waals surface area contributed by atoms with Gasteiger partial charge in [-0.25, -0.2) is 0 Å². The predicted octanol–water partition coefficient (Wildman–Crippen LogP) is 2.50. The molecule has 2 rings (SSSR count). The first-order valence-electron chi connectivity index (χ1n) is 6.68. The van der Waals surface area contributed by atoms with Crippen molar-refractivity contribution in [2.24, 2.45) is 0 Å². The highest BCUT2D eigenvalue weighted by molar-refractivity contribution is 5.80. The van der Waals surface area contributed by atoms with Crippen molar-refractivity contribution in [1.29, 1.82) is 0 Å². The van der Waals surface area contributed by atoms with E-state index < -0.39 is 0 Å². The molecule has 1 N–H and O–H groups in total. The van der Waals surface area contributed by atoms with Crippen LogP contribution in [0.5, 0.6) is 5.75 Å². The monoisotopic (exact) mass is 283 g/mol. The number of aryl methyl sites for hydroxylation is 1. The van der Waals surface area contributed by atoms with Crippen LogP contribution < -0.4 is 10.1 Å². The lowest BCUT2D eigenvalue weighted by Gasteiger charge is -2.09. The number of rotatable bonds is 6. The third-order valence-corrected chi connectivity index (χ3v) is 3.02. The van der Waals surface area contributed by atoms with Crippen molar-refractivity contribution in [2.45, 2.75) is 13.5 Å². The molecule has 0 heterocycles. The van der Waals surface area contributed by atoms with Gasteiger partial charge in [-0.15, -0.1) is 0 Å². The van der Waals surface area contributed by atoms with E-state index >= 15 is 0 Å². The first-order chi connectivity index (χ1) is 10.2. The molecule has 2 aromatic carbocycles. The van der Waals surface area contributed by atoms with Crippen LogP contribution in [0.3, 0.4) is 0 Å². The van der Waals surface area contributed by atoms with Crippen molar-refractivity contribution in [3.63, 3.8) is 0 Å². The van der Waals surface area contributed by atoms with Crippen molar-refractivity contribution in [3.05, 3.63) is 65.2 Å². The van der Waals surface area contributed by atoms with E-state index in [0.717, 1.165) is 5.56 Å². The third kappa shape index (κ3) is 4.45. The number of aldehydes is 1. The predicted molar refractivity (Wildman–Crippen MR) is 80.4 cm³/mol. The zero-order valence-corrected chi connectivity index (χ0v) is 11.8. The molecule has 0 aromatic heterocycles. The van der Waals surface area contributed by atoms with Gasteiger partial charge in [-0.1, -0.05) is 42.0 Å². The molecule has 21 heavy (non-hydrogen) atoms. The summed E-state index contributed by atoms with van der Waals surface area (Å²) in [6, 6.07) is 14.7. The van der Waals surface area contributed by atoms with E-state index in [4.69, 9.17) is 4.74 Å². The number of carbonyl (C=O) groups excluding carboxylic acids is 2. The van der Waals surface area contributed by atoms with E-state index in [1.807, 2.05) is 31.2 Å². The summed E-state index contributed by atoms with van der Waals surface area (Å²) in [5, 5.41) is 2.77. The number of carbonyl (C=O) groups is 2. The Balaban J connectivity index is 1.82. The third-order valence-electron chi connectivity index (χ3n) is 3.02. The Morgan fingerprint density at radius 1 is 1.14 bits per heavy atom. The highest BCUT2D eigenvalue weighted by Gasteiger charge is 2.05. The molecule has 2 aromatic rings. The molecule has 0 aliphatic heterocycles. The second-order valence-corrected chi connectivity index (χ2v) is 4.71. The molecule has 0 bridgehead atoms. The van der Waals surface area contributed by atoms with Crippen LogP contribution in [-0.4, -0.2) is 18.8 Å². The number of nitrogens with one attached hydrogen (secondary N) is 1. The maximum Gasteiger partial charge on any atom is 0.258 e. The number of ether oxygens (including phenoxy) is 1. The Bertz CT molecular complexity index is 620.